The molecule has 0 saturated carbocycles. The van der Waals surface area contributed by atoms with Gasteiger partial charge in [0.1, 0.15) is 5.75 Å². The summed E-state index contributed by atoms with van der Waals surface area (Å²) in [5.74, 6) is 1.94. The van der Waals surface area contributed by atoms with E-state index in [0.717, 1.165) is 23.6 Å². The van der Waals surface area contributed by atoms with Crippen molar-refractivity contribution in [2.45, 2.75) is 17.9 Å². The predicted octanol–water partition coefficient (Wildman–Crippen LogP) is 2.37. The molecule has 1 aromatic rings. The maximum Gasteiger partial charge on any atom is 0.124 e. The number of nitrogens with two attached hydrogens (primary N) is 1. The van der Waals surface area contributed by atoms with E-state index in [-0.39, 0.29) is 6.04 Å². The molecule has 0 aromatic heterocycles. The Morgan fingerprint density at radius 3 is 2.65 bits per heavy atom. The van der Waals surface area contributed by atoms with Gasteiger partial charge in [-0.05, 0) is 33.2 Å². The molecule has 2 N–H and O–H groups in total. The van der Waals surface area contributed by atoms with E-state index in [2.05, 4.69) is 25.1 Å². The Kier molecular flexibility index (Phi) is 5.82. The number of rotatable bonds is 6. The van der Waals surface area contributed by atoms with Crippen LogP contribution in [0.25, 0.3) is 0 Å². The molecule has 1 atom stereocenters. The van der Waals surface area contributed by atoms with Crippen LogP contribution < -0.4 is 10.5 Å². The van der Waals surface area contributed by atoms with Crippen LogP contribution in [0.5, 0.6) is 5.75 Å². The van der Waals surface area contributed by atoms with Crippen molar-refractivity contribution in [2.24, 2.45) is 5.73 Å². The van der Waals surface area contributed by atoms with Crippen molar-refractivity contribution in [1.82, 2.24) is 4.90 Å². The van der Waals surface area contributed by atoms with Gasteiger partial charge in [-0.1, -0.05) is 6.07 Å². The van der Waals surface area contributed by atoms with E-state index in [1.165, 1.54) is 4.90 Å². The molecule has 96 valence electrons. The molecule has 1 aromatic carbocycles. The highest BCUT2D eigenvalue weighted by atomic mass is 32.2. The molecule has 0 fully saturated rings. The molecule has 1 rings (SSSR count). The van der Waals surface area contributed by atoms with Crippen molar-refractivity contribution in [2.75, 3.05) is 33.5 Å². The fraction of sp³-hybridized carbons (Fsp3) is 0.538. The molecule has 0 saturated heterocycles. The third-order valence-electron chi connectivity index (χ3n) is 2.50. The number of hydrogen-bond acceptors (Lipinski definition) is 4. The Hall–Kier alpha value is -0.710. The van der Waals surface area contributed by atoms with Crippen LogP contribution in [0.4, 0.5) is 0 Å². The first-order valence-corrected chi connectivity index (χ1v) is 6.74. The second-order valence-electron chi connectivity index (χ2n) is 4.31. The monoisotopic (exact) mass is 254 g/mol. The average molecular weight is 254 g/mol. The Labute approximate surface area is 108 Å². The van der Waals surface area contributed by atoms with Crippen LogP contribution in [0, 0.1) is 0 Å². The van der Waals surface area contributed by atoms with Gasteiger partial charge in [0.05, 0.1) is 7.11 Å². The molecule has 0 spiro atoms. The molecule has 3 nitrogen and oxygen atoms in total. The molecular formula is C13H22N2OS. The van der Waals surface area contributed by atoms with Gasteiger partial charge in [0, 0.05) is 28.8 Å². The summed E-state index contributed by atoms with van der Waals surface area (Å²) in [5.41, 5.74) is 7.13. The highest BCUT2D eigenvalue weighted by Crippen LogP contribution is 2.33. The first-order valence-electron chi connectivity index (χ1n) is 5.76. The summed E-state index contributed by atoms with van der Waals surface area (Å²) < 4.78 is 5.37. The lowest BCUT2D eigenvalue weighted by Crippen LogP contribution is -2.15. The van der Waals surface area contributed by atoms with Crippen LogP contribution in [0.1, 0.15) is 18.5 Å². The van der Waals surface area contributed by atoms with Gasteiger partial charge in [0.15, 0.2) is 0 Å². The fourth-order valence-corrected chi connectivity index (χ4v) is 2.91. The van der Waals surface area contributed by atoms with Crippen LogP contribution in [0.3, 0.4) is 0 Å². The van der Waals surface area contributed by atoms with Gasteiger partial charge in [-0.25, -0.2) is 0 Å². The van der Waals surface area contributed by atoms with E-state index < -0.39 is 0 Å². The summed E-state index contributed by atoms with van der Waals surface area (Å²) in [7, 11) is 5.85. The molecule has 17 heavy (non-hydrogen) atoms. The van der Waals surface area contributed by atoms with Gasteiger partial charge in [0.25, 0.3) is 0 Å². The van der Waals surface area contributed by atoms with E-state index in [1.807, 2.05) is 30.8 Å². The Balaban J connectivity index is 2.83. The van der Waals surface area contributed by atoms with Gasteiger partial charge in [-0.3, -0.25) is 0 Å². The zero-order chi connectivity index (χ0) is 12.8. The van der Waals surface area contributed by atoms with Gasteiger partial charge >= 0.3 is 0 Å². The second-order valence-corrected chi connectivity index (χ2v) is 5.45. The Bertz CT molecular complexity index is 353. The predicted molar refractivity (Wildman–Crippen MR) is 74.9 cm³/mol. The van der Waals surface area contributed by atoms with Crippen LogP contribution in [0.2, 0.25) is 0 Å². The molecule has 0 radical (unpaired) electrons. The maximum absolute atomic E-state index is 6.02. The number of hydrogen-bond donors (Lipinski definition) is 1. The van der Waals surface area contributed by atoms with Gasteiger partial charge < -0.3 is 15.4 Å². The zero-order valence-corrected chi connectivity index (χ0v) is 11.9. The normalized spacial score (nSPS) is 12.8. The molecule has 0 aliphatic heterocycles. The number of ether oxygens (including phenoxy) is 1. The van der Waals surface area contributed by atoms with E-state index in [1.54, 1.807) is 7.11 Å². The SMILES string of the molecule is COc1cccc(SCCN(C)C)c1[C@@H](C)N. The lowest BCUT2D eigenvalue weighted by atomic mass is 10.1. The van der Waals surface area contributed by atoms with Crippen LogP contribution >= 0.6 is 11.8 Å². The lowest BCUT2D eigenvalue weighted by molar-refractivity contribution is 0.405. The second kappa shape index (κ2) is 6.89. The number of thioether (sulfide) groups is 1. The van der Waals surface area contributed by atoms with Crippen molar-refractivity contribution in [3.05, 3.63) is 23.8 Å². The third kappa shape index (κ3) is 4.22. The number of benzene rings is 1. The fourth-order valence-electron chi connectivity index (χ4n) is 1.61. The molecule has 0 heterocycles. The van der Waals surface area contributed by atoms with Crippen LogP contribution in [-0.2, 0) is 0 Å². The standard InChI is InChI=1S/C13H22N2OS/c1-10(14)13-11(16-4)6-5-7-12(13)17-9-8-15(2)3/h5-7,10H,8-9,14H2,1-4H3/t10-/m1/s1. The van der Waals surface area contributed by atoms with Crippen LogP contribution in [0.15, 0.2) is 23.1 Å². The lowest BCUT2D eigenvalue weighted by Gasteiger charge is -2.17. The van der Waals surface area contributed by atoms with Crippen molar-refractivity contribution in [1.29, 1.82) is 0 Å². The highest BCUT2D eigenvalue weighted by molar-refractivity contribution is 7.99. The topological polar surface area (TPSA) is 38.5 Å². The van der Waals surface area contributed by atoms with Gasteiger partial charge in [-0.15, -0.1) is 11.8 Å². The van der Waals surface area contributed by atoms with E-state index in [0.29, 0.717) is 0 Å². The minimum absolute atomic E-state index is 0.00648. The van der Waals surface area contributed by atoms with E-state index in [4.69, 9.17) is 10.5 Å². The van der Waals surface area contributed by atoms with E-state index >= 15 is 0 Å². The van der Waals surface area contributed by atoms with Crippen LogP contribution in [-0.4, -0.2) is 38.4 Å². The maximum atomic E-state index is 6.02. The van der Waals surface area contributed by atoms with Crippen molar-refractivity contribution < 1.29 is 4.74 Å². The van der Waals surface area contributed by atoms with Crippen molar-refractivity contribution in [3.8, 4) is 5.75 Å². The Morgan fingerprint density at radius 1 is 1.41 bits per heavy atom. The van der Waals surface area contributed by atoms with E-state index in [9.17, 15) is 0 Å². The smallest absolute Gasteiger partial charge is 0.124 e. The quantitative estimate of drug-likeness (QED) is 0.791. The Morgan fingerprint density at radius 2 is 2.12 bits per heavy atom. The molecular weight excluding hydrogens is 232 g/mol. The summed E-state index contributed by atoms with van der Waals surface area (Å²) in [6.45, 7) is 3.05. The molecule has 0 bridgehead atoms. The summed E-state index contributed by atoms with van der Waals surface area (Å²) in [6, 6.07) is 6.09. The van der Waals surface area contributed by atoms with Gasteiger partial charge in [-0.2, -0.15) is 0 Å². The molecule has 0 amide bonds. The number of methoxy groups -OCH3 is 1. The zero-order valence-electron chi connectivity index (χ0n) is 11.1. The average Bonchev–Trinajstić information content (AvgIpc) is 2.27. The van der Waals surface area contributed by atoms with Crippen molar-refractivity contribution >= 4 is 11.8 Å². The minimum Gasteiger partial charge on any atom is -0.496 e. The third-order valence-corrected chi connectivity index (χ3v) is 3.55. The van der Waals surface area contributed by atoms with Crippen molar-refractivity contribution in [3.63, 3.8) is 0 Å². The first kappa shape index (κ1) is 14.4. The summed E-state index contributed by atoms with van der Waals surface area (Å²) in [6.07, 6.45) is 0. The molecule has 0 aliphatic rings. The first-order chi connectivity index (χ1) is 8.06. The highest BCUT2D eigenvalue weighted by Gasteiger charge is 2.13. The summed E-state index contributed by atoms with van der Waals surface area (Å²) >= 11 is 1.83. The summed E-state index contributed by atoms with van der Waals surface area (Å²) in [4.78, 5) is 3.40. The summed E-state index contributed by atoms with van der Waals surface area (Å²) in [5, 5.41) is 0. The molecule has 4 heteroatoms. The minimum atomic E-state index is -0.00648. The largest absolute Gasteiger partial charge is 0.496 e. The molecule has 0 aliphatic carbocycles. The number of nitrogens with zero attached hydrogens (tertiary/aromatic N) is 1. The molecule has 0 unspecified atom stereocenters. The van der Waals surface area contributed by atoms with Gasteiger partial charge in [0.2, 0.25) is 0 Å².